The maximum absolute atomic E-state index is 13.2. The number of carbonyl (C=O) groups excluding carboxylic acids is 1. The van der Waals surface area contributed by atoms with E-state index in [9.17, 15) is 14.3 Å². The minimum atomic E-state index is -0.569. The highest BCUT2D eigenvalue weighted by molar-refractivity contribution is 5.94. The molecule has 0 saturated carbocycles. The van der Waals surface area contributed by atoms with Gasteiger partial charge in [0, 0.05) is 6.54 Å². The molecular weight excluding hydrogens is 209 g/mol. The molecule has 0 aromatic heterocycles. The fraction of sp³-hybridized carbons (Fsp3) is 0.417. The SMILES string of the molecule is CCCC(O)CNC(=O)c1ccccc1F. The molecule has 1 rings (SSSR count). The standard InChI is InChI=1S/C12H16FNO2/c1-2-5-9(15)8-14-12(16)10-6-3-4-7-11(10)13/h3-4,6-7,9,15H,2,5,8H2,1H3,(H,14,16). The van der Waals surface area contributed by atoms with Gasteiger partial charge in [-0.25, -0.2) is 4.39 Å². The van der Waals surface area contributed by atoms with Gasteiger partial charge < -0.3 is 10.4 Å². The molecule has 0 spiro atoms. The van der Waals surface area contributed by atoms with Gasteiger partial charge in [0.15, 0.2) is 0 Å². The average molecular weight is 225 g/mol. The number of rotatable bonds is 5. The fourth-order valence-electron chi connectivity index (χ4n) is 1.39. The van der Waals surface area contributed by atoms with E-state index < -0.39 is 17.8 Å². The molecule has 1 amide bonds. The Bertz CT molecular complexity index is 355. The number of aliphatic hydroxyl groups excluding tert-OH is 1. The van der Waals surface area contributed by atoms with Gasteiger partial charge in [0.1, 0.15) is 5.82 Å². The topological polar surface area (TPSA) is 49.3 Å². The van der Waals surface area contributed by atoms with Crippen LogP contribution in [0.25, 0.3) is 0 Å². The van der Waals surface area contributed by atoms with E-state index in [4.69, 9.17) is 0 Å². The zero-order chi connectivity index (χ0) is 12.0. The summed E-state index contributed by atoms with van der Waals surface area (Å²) in [6.45, 7) is 2.10. The predicted molar refractivity (Wildman–Crippen MR) is 59.6 cm³/mol. The van der Waals surface area contributed by atoms with E-state index in [0.717, 1.165) is 6.42 Å². The largest absolute Gasteiger partial charge is 0.391 e. The summed E-state index contributed by atoms with van der Waals surface area (Å²) in [6, 6.07) is 5.77. The van der Waals surface area contributed by atoms with Crippen molar-refractivity contribution < 1.29 is 14.3 Å². The van der Waals surface area contributed by atoms with E-state index >= 15 is 0 Å². The Morgan fingerprint density at radius 1 is 1.50 bits per heavy atom. The van der Waals surface area contributed by atoms with Crippen LogP contribution in [-0.4, -0.2) is 23.7 Å². The van der Waals surface area contributed by atoms with Gasteiger partial charge in [0.25, 0.3) is 5.91 Å². The summed E-state index contributed by atoms with van der Waals surface area (Å²) in [4.78, 5) is 11.5. The molecular formula is C12H16FNO2. The fourth-order valence-corrected chi connectivity index (χ4v) is 1.39. The van der Waals surface area contributed by atoms with Gasteiger partial charge in [-0.1, -0.05) is 25.5 Å². The Balaban J connectivity index is 2.50. The maximum Gasteiger partial charge on any atom is 0.254 e. The molecule has 0 radical (unpaired) electrons. The van der Waals surface area contributed by atoms with Gasteiger partial charge >= 0.3 is 0 Å². The monoisotopic (exact) mass is 225 g/mol. The van der Waals surface area contributed by atoms with Crippen molar-refractivity contribution in [3.8, 4) is 0 Å². The van der Waals surface area contributed by atoms with Crippen molar-refractivity contribution in [2.24, 2.45) is 0 Å². The van der Waals surface area contributed by atoms with Crippen molar-refractivity contribution in [1.29, 1.82) is 0 Å². The minimum absolute atomic E-state index is 0.00574. The van der Waals surface area contributed by atoms with Crippen LogP contribution < -0.4 is 5.32 Å². The second-order valence-corrected chi connectivity index (χ2v) is 3.63. The normalized spacial score (nSPS) is 12.2. The van der Waals surface area contributed by atoms with Crippen molar-refractivity contribution in [1.82, 2.24) is 5.32 Å². The molecule has 0 aliphatic heterocycles. The molecule has 0 heterocycles. The van der Waals surface area contributed by atoms with Gasteiger partial charge in [-0.15, -0.1) is 0 Å². The van der Waals surface area contributed by atoms with Gasteiger partial charge in [0.2, 0.25) is 0 Å². The molecule has 1 unspecified atom stereocenters. The smallest absolute Gasteiger partial charge is 0.254 e. The minimum Gasteiger partial charge on any atom is -0.391 e. The van der Waals surface area contributed by atoms with Gasteiger partial charge in [-0.3, -0.25) is 4.79 Å². The summed E-state index contributed by atoms with van der Waals surface area (Å²) < 4.78 is 13.2. The van der Waals surface area contributed by atoms with Crippen LogP contribution in [0.15, 0.2) is 24.3 Å². The molecule has 3 nitrogen and oxygen atoms in total. The summed E-state index contributed by atoms with van der Waals surface area (Å²) in [6.07, 6.45) is 0.898. The molecule has 0 aliphatic carbocycles. The van der Waals surface area contributed by atoms with Crippen molar-refractivity contribution in [2.45, 2.75) is 25.9 Å². The number of hydrogen-bond donors (Lipinski definition) is 2. The van der Waals surface area contributed by atoms with Gasteiger partial charge in [-0.2, -0.15) is 0 Å². The molecule has 0 bridgehead atoms. The first-order valence-electron chi connectivity index (χ1n) is 5.36. The number of nitrogens with one attached hydrogen (secondary N) is 1. The summed E-state index contributed by atoms with van der Waals surface area (Å²) in [5.41, 5.74) is 0.00574. The van der Waals surface area contributed by atoms with Crippen LogP contribution in [0.4, 0.5) is 4.39 Å². The average Bonchev–Trinajstić information content (AvgIpc) is 2.27. The van der Waals surface area contributed by atoms with E-state index in [1.54, 1.807) is 6.07 Å². The third-order valence-electron chi connectivity index (χ3n) is 2.24. The molecule has 1 aromatic carbocycles. The lowest BCUT2D eigenvalue weighted by molar-refractivity contribution is 0.0906. The van der Waals surface area contributed by atoms with E-state index in [0.29, 0.717) is 6.42 Å². The molecule has 0 saturated heterocycles. The summed E-state index contributed by atoms with van der Waals surface area (Å²) in [5, 5.41) is 11.9. The zero-order valence-electron chi connectivity index (χ0n) is 9.24. The molecule has 1 atom stereocenters. The van der Waals surface area contributed by atoms with Crippen molar-refractivity contribution in [3.05, 3.63) is 35.6 Å². The quantitative estimate of drug-likeness (QED) is 0.801. The Morgan fingerprint density at radius 3 is 2.81 bits per heavy atom. The first kappa shape index (κ1) is 12.6. The third kappa shape index (κ3) is 3.62. The van der Waals surface area contributed by atoms with Crippen molar-refractivity contribution in [2.75, 3.05) is 6.54 Å². The Labute approximate surface area is 94.3 Å². The molecule has 0 aliphatic rings. The van der Waals surface area contributed by atoms with Gasteiger partial charge in [0.05, 0.1) is 11.7 Å². The van der Waals surface area contributed by atoms with Crippen LogP contribution in [-0.2, 0) is 0 Å². The molecule has 88 valence electrons. The van der Waals surface area contributed by atoms with E-state index in [1.807, 2.05) is 6.92 Å². The van der Waals surface area contributed by atoms with Crippen molar-refractivity contribution in [3.63, 3.8) is 0 Å². The van der Waals surface area contributed by atoms with Crippen LogP contribution in [0.2, 0.25) is 0 Å². The Kier molecular flexibility index (Phi) is 4.92. The highest BCUT2D eigenvalue weighted by atomic mass is 19.1. The second-order valence-electron chi connectivity index (χ2n) is 3.63. The Morgan fingerprint density at radius 2 is 2.19 bits per heavy atom. The van der Waals surface area contributed by atoms with Crippen LogP contribution in [0.3, 0.4) is 0 Å². The second kappa shape index (κ2) is 6.23. The van der Waals surface area contributed by atoms with Crippen LogP contribution in [0, 0.1) is 5.82 Å². The number of carbonyl (C=O) groups is 1. The number of halogens is 1. The first-order valence-corrected chi connectivity index (χ1v) is 5.36. The van der Waals surface area contributed by atoms with Crippen LogP contribution >= 0.6 is 0 Å². The highest BCUT2D eigenvalue weighted by Crippen LogP contribution is 2.05. The summed E-state index contributed by atoms with van der Waals surface area (Å²) in [5.74, 6) is -1.04. The summed E-state index contributed by atoms with van der Waals surface area (Å²) in [7, 11) is 0. The van der Waals surface area contributed by atoms with E-state index in [-0.39, 0.29) is 12.1 Å². The molecule has 4 heteroatoms. The Hall–Kier alpha value is -1.42. The lowest BCUT2D eigenvalue weighted by Crippen LogP contribution is -2.32. The lowest BCUT2D eigenvalue weighted by Gasteiger charge is -2.10. The lowest BCUT2D eigenvalue weighted by atomic mass is 10.2. The first-order chi connectivity index (χ1) is 7.65. The number of aliphatic hydroxyl groups is 1. The molecule has 1 aromatic rings. The molecule has 16 heavy (non-hydrogen) atoms. The van der Waals surface area contributed by atoms with E-state index in [2.05, 4.69) is 5.32 Å². The van der Waals surface area contributed by atoms with Gasteiger partial charge in [-0.05, 0) is 18.6 Å². The van der Waals surface area contributed by atoms with Crippen LogP contribution in [0.5, 0.6) is 0 Å². The van der Waals surface area contributed by atoms with Crippen molar-refractivity contribution >= 4 is 5.91 Å². The molecule has 2 N–H and O–H groups in total. The zero-order valence-corrected chi connectivity index (χ0v) is 9.24. The number of benzene rings is 1. The predicted octanol–water partition coefficient (Wildman–Crippen LogP) is 1.72. The number of hydrogen-bond acceptors (Lipinski definition) is 2. The summed E-state index contributed by atoms with van der Waals surface area (Å²) >= 11 is 0. The maximum atomic E-state index is 13.2. The van der Waals surface area contributed by atoms with Crippen LogP contribution in [0.1, 0.15) is 30.1 Å². The number of amides is 1. The highest BCUT2D eigenvalue weighted by Gasteiger charge is 2.11. The third-order valence-corrected chi connectivity index (χ3v) is 2.24. The van der Waals surface area contributed by atoms with E-state index in [1.165, 1.54) is 18.2 Å². The molecule has 0 fully saturated rings.